The van der Waals surface area contributed by atoms with Gasteiger partial charge in [0, 0.05) is 13.8 Å². The van der Waals surface area contributed by atoms with E-state index in [1.165, 1.54) is 13.8 Å². The summed E-state index contributed by atoms with van der Waals surface area (Å²) in [4.78, 5) is 37.7. The molecular weight excluding hydrogens is 458 g/mol. The molecule has 2 aromatic carbocycles. The van der Waals surface area contributed by atoms with Crippen molar-refractivity contribution in [3.8, 4) is 11.5 Å². The number of amides is 2. The van der Waals surface area contributed by atoms with E-state index in [0.717, 1.165) is 10.5 Å². The van der Waals surface area contributed by atoms with Gasteiger partial charge in [-0.15, -0.1) is 0 Å². The molecule has 186 valence electrons. The smallest absolute Gasteiger partial charge is 0.417 e. The molecule has 2 saturated heterocycles. The van der Waals surface area contributed by atoms with Crippen LogP contribution < -0.4 is 9.47 Å². The van der Waals surface area contributed by atoms with Gasteiger partial charge in [-0.25, -0.2) is 9.69 Å². The van der Waals surface area contributed by atoms with Crippen LogP contribution in [0.3, 0.4) is 0 Å². The molecule has 2 amide bonds. The molecule has 2 fully saturated rings. The Balaban J connectivity index is 1.59. The number of imide groups is 1. The van der Waals surface area contributed by atoms with Crippen LogP contribution >= 0.6 is 0 Å². The van der Waals surface area contributed by atoms with Crippen molar-refractivity contribution >= 4 is 18.0 Å². The van der Waals surface area contributed by atoms with Gasteiger partial charge in [-0.1, -0.05) is 30.3 Å². The summed E-state index contributed by atoms with van der Waals surface area (Å²) >= 11 is 0. The number of hydrogen-bond acceptors (Lipinski definition) is 9. The maximum Gasteiger partial charge on any atom is 0.417 e. The van der Waals surface area contributed by atoms with Crippen LogP contribution in [0, 0.1) is 0 Å². The van der Waals surface area contributed by atoms with Crippen LogP contribution in [0.5, 0.6) is 11.5 Å². The molecule has 2 aromatic rings. The molecule has 0 bridgehead atoms. The van der Waals surface area contributed by atoms with Crippen molar-refractivity contribution in [3.63, 3.8) is 0 Å². The third kappa shape index (κ3) is 5.55. The fraction of sp³-hybridized carbons (Fsp3) is 0.400. The lowest BCUT2D eigenvalue weighted by Gasteiger charge is -2.42. The molecule has 2 aliphatic heterocycles. The first-order chi connectivity index (χ1) is 16.9. The minimum atomic E-state index is -1.10. The van der Waals surface area contributed by atoms with Crippen molar-refractivity contribution in [2.24, 2.45) is 0 Å². The molecule has 10 nitrogen and oxygen atoms in total. The fourth-order valence-corrected chi connectivity index (χ4v) is 4.15. The Labute approximate surface area is 202 Å². The second-order valence-electron chi connectivity index (χ2n) is 8.14. The molecule has 0 N–H and O–H groups in total. The van der Waals surface area contributed by atoms with Gasteiger partial charge in [-0.3, -0.25) is 9.59 Å². The summed E-state index contributed by atoms with van der Waals surface area (Å²) in [6.45, 7) is 2.81. The fourth-order valence-electron chi connectivity index (χ4n) is 4.15. The summed E-state index contributed by atoms with van der Waals surface area (Å²) in [5.41, 5.74) is 0.950. The summed E-state index contributed by atoms with van der Waals surface area (Å²) in [6.07, 6.45) is -4.79. The van der Waals surface area contributed by atoms with Crippen LogP contribution in [0.4, 0.5) is 4.79 Å². The number of benzene rings is 2. The standard InChI is InChI=1S/C25H27NO9/c1-15(27)26-21-23(35-25(26)29)22(32-16(2)28)20(14-31-13-17-7-5-4-6-8-17)34-24(21)33-19-11-9-18(30-3)10-12-19/h4-12,20-24H,13-14H2,1-3H3/t20-,21-,22-,23-,24-/m1/s1. The van der Waals surface area contributed by atoms with E-state index in [4.69, 9.17) is 28.4 Å². The average Bonchev–Trinajstić information content (AvgIpc) is 3.19. The quantitative estimate of drug-likeness (QED) is 0.521. The predicted octanol–water partition coefficient (Wildman–Crippen LogP) is 2.68. The van der Waals surface area contributed by atoms with Crippen LogP contribution in [-0.2, 0) is 35.1 Å². The van der Waals surface area contributed by atoms with Gasteiger partial charge in [-0.2, -0.15) is 0 Å². The molecular formula is C25H27NO9. The lowest BCUT2D eigenvalue weighted by molar-refractivity contribution is -0.249. The summed E-state index contributed by atoms with van der Waals surface area (Å²) < 4.78 is 34.2. The van der Waals surface area contributed by atoms with Gasteiger partial charge < -0.3 is 28.4 Å². The summed E-state index contributed by atoms with van der Waals surface area (Å²) in [6, 6.07) is 15.3. The summed E-state index contributed by atoms with van der Waals surface area (Å²) in [7, 11) is 1.55. The van der Waals surface area contributed by atoms with Crippen LogP contribution in [0.15, 0.2) is 54.6 Å². The molecule has 2 heterocycles. The van der Waals surface area contributed by atoms with E-state index in [9.17, 15) is 14.4 Å². The van der Waals surface area contributed by atoms with Crippen molar-refractivity contribution in [2.45, 2.75) is 51.1 Å². The largest absolute Gasteiger partial charge is 0.497 e. The predicted molar refractivity (Wildman–Crippen MR) is 121 cm³/mol. The van der Waals surface area contributed by atoms with Gasteiger partial charge in [0.15, 0.2) is 12.2 Å². The van der Waals surface area contributed by atoms with E-state index in [0.29, 0.717) is 18.1 Å². The van der Waals surface area contributed by atoms with E-state index in [2.05, 4.69) is 0 Å². The molecule has 2 aliphatic rings. The van der Waals surface area contributed by atoms with E-state index in [1.807, 2.05) is 30.3 Å². The first-order valence-corrected chi connectivity index (χ1v) is 11.1. The molecule has 35 heavy (non-hydrogen) atoms. The monoisotopic (exact) mass is 485 g/mol. The third-order valence-corrected chi connectivity index (χ3v) is 5.69. The molecule has 0 aliphatic carbocycles. The Bertz CT molecular complexity index is 1040. The number of nitrogens with zero attached hydrogens (tertiary/aromatic N) is 1. The molecule has 5 atom stereocenters. The zero-order valence-corrected chi connectivity index (χ0v) is 19.6. The molecule has 10 heteroatoms. The highest BCUT2D eigenvalue weighted by Crippen LogP contribution is 2.36. The van der Waals surface area contributed by atoms with Crippen LogP contribution in [0.2, 0.25) is 0 Å². The highest BCUT2D eigenvalue weighted by molar-refractivity contribution is 5.92. The van der Waals surface area contributed by atoms with Gasteiger partial charge in [0.1, 0.15) is 23.6 Å². The second-order valence-corrected chi connectivity index (χ2v) is 8.14. The van der Waals surface area contributed by atoms with Crippen LogP contribution in [-0.4, -0.2) is 67.2 Å². The number of carbonyl (C=O) groups is 3. The average molecular weight is 485 g/mol. The lowest BCUT2D eigenvalue weighted by Crippen LogP contribution is -2.63. The van der Waals surface area contributed by atoms with Gasteiger partial charge in [0.05, 0.1) is 20.3 Å². The summed E-state index contributed by atoms with van der Waals surface area (Å²) in [5.74, 6) is -0.0778. The molecule has 4 rings (SSSR count). The van der Waals surface area contributed by atoms with Crippen molar-refractivity contribution in [1.29, 1.82) is 0 Å². The van der Waals surface area contributed by atoms with Gasteiger partial charge in [0.2, 0.25) is 12.2 Å². The second kappa shape index (κ2) is 10.7. The van der Waals surface area contributed by atoms with Crippen LogP contribution in [0.1, 0.15) is 19.4 Å². The first kappa shape index (κ1) is 24.5. The van der Waals surface area contributed by atoms with Gasteiger partial charge in [-0.05, 0) is 29.8 Å². The Morgan fingerprint density at radius 1 is 1.00 bits per heavy atom. The SMILES string of the molecule is COc1ccc(O[C@@H]2O[C@H](COCc3ccccc3)[C@@H](OC(C)=O)[C@@H]3OC(=O)N(C(C)=O)[C@@H]23)cc1. The summed E-state index contributed by atoms with van der Waals surface area (Å²) in [5, 5.41) is 0. The normalized spacial score (nSPS) is 25.4. The maximum absolute atomic E-state index is 12.6. The molecule has 0 spiro atoms. The van der Waals surface area contributed by atoms with E-state index >= 15 is 0 Å². The number of esters is 1. The topological polar surface area (TPSA) is 110 Å². The molecule has 0 radical (unpaired) electrons. The number of methoxy groups -OCH3 is 1. The van der Waals surface area contributed by atoms with Crippen molar-refractivity contribution in [2.75, 3.05) is 13.7 Å². The number of rotatable bonds is 8. The number of fused-ring (bicyclic) bond motifs is 1. The zero-order chi connectivity index (χ0) is 24.9. The zero-order valence-electron chi connectivity index (χ0n) is 19.6. The molecule has 0 unspecified atom stereocenters. The van der Waals surface area contributed by atoms with E-state index < -0.39 is 48.6 Å². The lowest BCUT2D eigenvalue weighted by atomic mass is 9.96. The first-order valence-electron chi connectivity index (χ1n) is 11.1. The molecule has 0 aromatic heterocycles. The number of carbonyl (C=O) groups excluding carboxylic acids is 3. The van der Waals surface area contributed by atoms with E-state index in [-0.39, 0.29) is 6.61 Å². The third-order valence-electron chi connectivity index (χ3n) is 5.69. The maximum atomic E-state index is 12.6. The Hall–Kier alpha value is -3.63. The number of hydrogen-bond donors (Lipinski definition) is 0. The Morgan fingerprint density at radius 2 is 1.69 bits per heavy atom. The van der Waals surface area contributed by atoms with Crippen molar-refractivity contribution in [1.82, 2.24) is 4.90 Å². The minimum Gasteiger partial charge on any atom is -0.497 e. The van der Waals surface area contributed by atoms with Gasteiger partial charge in [0.25, 0.3) is 0 Å². The molecule has 0 saturated carbocycles. The Morgan fingerprint density at radius 3 is 2.31 bits per heavy atom. The Kier molecular flexibility index (Phi) is 7.52. The van der Waals surface area contributed by atoms with Gasteiger partial charge >= 0.3 is 12.1 Å². The highest BCUT2D eigenvalue weighted by atomic mass is 16.7. The van der Waals surface area contributed by atoms with Crippen molar-refractivity contribution in [3.05, 3.63) is 60.2 Å². The van der Waals surface area contributed by atoms with Crippen molar-refractivity contribution < 1.29 is 42.8 Å². The van der Waals surface area contributed by atoms with Crippen LogP contribution in [0.25, 0.3) is 0 Å². The highest BCUT2D eigenvalue weighted by Gasteiger charge is 2.60. The minimum absolute atomic E-state index is 0.0240. The van der Waals surface area contributed by atoms with E-state index in [1.54, 1.807) is 31.4 Å². The number of ether oxygens (including phenoxy) is 6.